The minimum absolute atomic E-state index is 0.0504. The van der Waals surface area contributed by atoms with Crippen LogP contribution >= 0.6 is 0 Å². The van der Waals surface area contributed by atoms with Gasteiger partial charge in [0.25, 0.3) is 0 Å². The average molecular weight is 415 g/mol. The highest BCUT2D eigenvalue weighted by molar-refractivity contribution is 5.69. The van der Waals surface area contributed by atoms with E-state index in [1.165, 1.54) is 43.3 Å². The number of rotatable bonds is 7. The highest BCUT2D eigenvalue weighted by atomic mass is 16.5. The third-order valence-electron chi connectivity index (χ3n) is 8.26. The van der Waals surface area contributed by atoms with Gasteiger partial charge in [0.1, 0.15) is 0 Å². The van der Waals surface area contributed by atoms with Crippen molar-refractivity contribution in [1.29, 1.82) is 0 Å². The normalized spacial score (nSPS) is 35.5. The maximum absolute atomic E-state index is 11.7. The summed E-state index contributed by atoms with van der Waals surface area (Å²) in [5, 5.41) is 10.0. The van der Waals surface area contributed by atoms with Crippen molar-refractivity contribution in [2.45, 2.75) is 97.5 Å². The predicted molar refractivity (Wildman–Crippen MR) is 123 cm³/mol. The van der Waals surface area contributed by atoms with Crippen LogP contribution < -0.4 is 0 Å². The topological polar surface area (TPSA) is 46.5 Å². The number of carbonyl (C=O) groups is 1. The molecule has 3 fully saturated rings. The summed E-state index contributed by atoms with van der Waals surface area (Å²) >= 11 is 0. The second-order valence-corrected chi connectivity index (χ2v) is 10.2. The van der Waals surface area contributed by atoms with Crippen molar-refractivity contribution in [3.63, 3.8) is 0 Å². The molecule has 3 nitrogen and oxygen atoms in total. The van der Waals surface area contributed by atoms with E-state index in [9.17, 15) is 9.90 Å². The van der Waals surface area contributed by atoms with E-state index in [1.807, 2.05) is 6.92 Å². The Hall–Kier alpha value is -1.35. The SMILES string of the molecule is C=C1CC[C@H](O)C/C1=C/C=C1\CCC[C@]2(C)[C@@H]([C@H](C)CCCC(=O)OCC)CC[C@@H]12. The van der Waals surface area contributed by atoms with Gasteiger partial charge in [-0.1, -0.05) is 43.7 Å². The number of aliphatic hydroxyl groups excluding tert-OH is 1. The van der Waals surface area contributed by atoms with Gasteiger partial charge < -0.3 is 9.84 Å². The Labute approximate surface area is 183 Å². The minimum Gasteiger partial charge on any atom is -0.466 e. The van der Waals surface area contributed by atoms with Crippen molar-refractivity contribution in [3.05, 3.63) is 35.5 Å². The van der Waals surface area contributed by atoms with Gasteiger partial charge in [-0.3, -0.25) is 4.79 Å². The van der Waals surface area contributed by atoms with Gasteiger partial charge in [-0.25, -0.2) is 0 Å². The van der Waals surface area contributed by atoms with Crippen molar-refractivity contribution in [2.24, 2.45) is 23.2 Å². The average Bonchev–Trinajstić information content (AvgIpc) is 3.06. The molecule has 0 saturated heterocycles. The Morgan fingerprint density at radius 2 is 2.10 bits per heavy atom. The molecule has 3 rings (SSSR count). The summed E-state index contributed by atoms with van der Waals surface area (Å²) in [6, 6.07) is 0. The first-order valence-electron chi connectivity index (χ1n) is 12.3. The molecule has 0 radical (unpaired) electrons. The zero-order valence-electron chi connectivity index (χ0n) is 19.4. The lowest BCUT2D eigenvalue weighted by Crippen LogP contribution is -2.36. The molecular weight excluding hydrogens is 372 g/mol. The monoisotopic (exact) mass is 414 g/mol. The number of aliphatic hydroxyl groups is 1. The summed E-state index contributed by atoms with van der Waals surface area (Å²) in [4.78, 5) is 11.7. The molecule has 3 aliphatic carbocycles. The number of fused-ring (bicyclic) bond motifs is 1. The largest absolute Gasteiger partial charge is 0.466 e. The zero-order chi connectivity index (χ0) is 21.7. The first kappa shape index (κ1) is 23.3. The van der Waals surface area contributed by atoms with Gasteiger partial charge in [0.15, 0.2) is 0 Å². The fourth-order valence-electron chi connectivity index (χ4n) is 6.61. The maximum Gasteiger partial charge on any atom is 0.305 e. The standard InChI is InChI=1S/C27H42O3/c1-5-30-26(29)10-6-8-20(3)24-15-16-25-21(9-7-17-27(24,25)4)12-13-22-18-23(28)14-11-19(22)2/h12-13,20,23-25,28H,2,5-11,14-18H2,1,3-4H3/b21-12+,22-13-/t20-,23+,24-,25+,27-/m1/s1. The zero-order valence-corrected chi connectivity index (χ0v) is 19.4. The van der Waals surface area contributed by atoms with E-state index in [1.54, 1.807) is 5.57 Å². The number of ether oxygens (including phenoxy) is 1. The van der Waals surface area contributed by atoms with Crippen LogP contribution in [0.3, 0.4) is 0 Å². The smallest absolute Gasteiger partial charge is 0.305 e. The minimum atomic E-state index is -0.205. The highest BCUT2D eigenvalue weighted by Crippen LogP contribution is 2.59. The van der Waals surface area contributed by atoms with Gasteiger partial charge in [-0.05, 0) is 99.9 Å². The number of esters is 1. The highest BCUT2D eigenvalue weighted by Gasteiger charge is 2.50. The van der Waals surface area contributed by atoms with E-state index >= 15 is 0 Å². The van der Waals surface area contributed by atoms with Gasteiger partial charge in [0.2, 0.25) is 0 Å². The Balaban J connectivity index is 1.64. The van der Waals surface area contributed by atoms with Crippen LogP contribution in [0, 0.1) is 23.2 Å². The van der Waals surface area contributed by atoms with Crippen molar-refractivity contribution in [1.82, 2.24) is 0 Å². The van der Waals surface area contributed by atoms with E-state index in [0.717, 1.165) is 38.0 Å². The predicted octanol–water partition coefficient (Wildman–Crippen LogP) is 6.53. The second kappa shape index (κ2) is 10.3. The van der Waals surface area contributed by atoms with Crippen LogP contribution in [0.4, 0.5) is 0 Å². The Morgan fingerprint density at radius 3 is 2.87 bits per heavy atom. The first-order chi connectivity index (χ1) is 14.3. The van der Waals surface area contributed by atoms with Crippen LogP contribution in [-0.4, -0.2) is 23.8 Å². The summed E-state index contributed by atoms with van der Waals surface area (Å²) < 4.78 is 5.09. The second-order valence-electron chi connectivity index (χ2n) is 10.2. The quantitative estimate of drug-likeness (QED) is 0.482. The lowest BCUT2D eigenvalue weighted by atomic mass is 9.60. The van der Waals surface area contributed by atoms with E-state index in [2.05, 4.69) is 32.6 Å². The molecule has 5 atom stereocenters. The van der Waals surface area contributed by atoms with Crippen molar-refractivity contribution in [3.8, 4) is 0 Å². The Morgan fingerprint density at radius 1 is 1.30 bits per heavy atom. The maximum atomic E-state index is 11.7. The molecule has 0 amide bonds. The van der Waals surface area contributed by atoms with Crippen LogP contribution in [0.1, 0.15) is 91.4 Å². The molecule has 0 aromatic carbocycles. The third-order valence-corrected chi connectivity index (χ3v) is 8.26. The third kappa shape index (κ3) is 5.28. The van der Waals surface area contributed by atoms with Gasteiger partial charge in [-0.2, -0.15) is 0 Å². The molecule has 0 heterocycles. The summed E-state index contributed by atoms with van der Waals surface area (Å²) in [6.07, 6.45) is 16.0. The van der Waals surface area contributed by atoms with Crippen molar-refractivity contribution in [2.75, 3.05) is 6.61 Å². The molecule has 0 aliphatic heterocycles. The summed E-state index contributed by atoms with van der Waals surface area (Å²) in [5.74, 6) is 2.03. The van der Waals surface area contributed by atoms with E-state index < -0.39 is 0 Å². The van der Waals surface area contributed by atoms with Gasteiger partial charge >= 0.3 is 5.97 Å². The van der Waals surface area contributed by atoms with Gasteiger partial charge in [0, 0.05) is 6.42 Å². The lowest BCUT2D eigenvalue weighted by Gasteiger charge is -2.44. The number of carbonyl (C=O) groups excluding carboxylic acids is 1. The molecule has 30 heavy (non-hydrogen) atoms. The Bertz CT molecular complexity index is 688. The van der Waals surface area contributed by atoms with Crippen LogP contribution in [0.25, 0.3) is 0 Å². The molecule has 3 heteroatoms. The van der Waals surface area contributed by atoms with Crippen molar-refractivity contribution < 1.29 is 14.6 Å². The molecule has 0 aromatic rings. The molecule has 0 unspecified atom stereocenters. The van der Waals surface area contributed by atoms with Crippen LogP contribution in [0.2, 0.25) is 0 Å². The number of hydrogen-bond donors (Lipinski definition) is 1. The van der Waals surface area contributed by atoms with Gasteiger partial charge in [0.05, 0.1) is 12.7 Å². The van der Waals surface area contributed by atoms with Crippen LogP contribution in [-0.2, 0) is 9.53 Å². The molecule has 0 bridgehead atoms. The van der Waals surface area contributed by atoms with Crippen molar-refractivity contribution >= 4 is 5.97 Å². The molecule has 168 valence electrons. The molecular formula is C27H42O3. The Kier molecular flexibility index (Phi) is 8.01. The first-order valence-corrected chi connectivity index (χ1v) is 12.3. The summed E-state index contributed by atoms with van der Waals surface area (Å²) in [7, 11) is 0. The van der Waals surface area contributed by atoms with E-state index in [-0.39, 0.29) is 12.1 Å². The summed E-state index contributed by atoms with van der Waals surface area (Å²) in [6.45, 7) is 11.5. The molecule has 3 aliphatic rings. The lowest BCUT2D eigenvalue weighted by molar-refractivity contribution is -0.143. The number of hydrogen-bond acceptors (Lipinski definition) is 3. The van der Waals surface area contributed by atoms with Crippen LogP contribution in [0.15, 0.2) is 35.5 Å². The fourth-order valence-corrected chi connectivity index (χ4v) is 6.61. The molecule has 0 aromatic heterocycles. The fraction of sp³-hybridized carbons (Fsp3) is 0.741. The van der Waals surface area contributed by atoms with Crippen LogP contribution in [0.5, 0.6) is 0 Å². The molecule has 3 saturated carbocycles. The van der Waals surface area contributed by atoms with E-state index in [0.29, 0.717) is 30.3 Å². The summed E-state index contributed by atoms with van der Waals surface area (Å²) in [5.41, 5.74) is 4.45. The molecule has 1 N–H and O–H groups in total. The number of allylic oxidation sites excluding steroid dienone is 4. The van der Waals surface area contributed by atoms with E-state index in [4.69, 9.17) is 4.74 Å². The van der Waals surface area contributed by atoms with Gasteiger partial charge in [-0.15, -0.1) is 0 Å². The molecule has 0 spiro atoms.